The van der Waals surface area contributed by atoms with Crippen LogP contribution >= 0.6 is 0 Å². The number of pyridine rings is 1. The van der Waals surface area contributed by atoms with Crippen molar-refractivity contribution in [3.63, 3.8) is 0 Å². The summed E-state index contributed by atoms with van der Waals surface area (Å²) in [6.07, 6.45) is 4.88. The Morgan fingerprint density at radius 2 is 1.96 bits per heavy atom. The van der Waals surface area contributed by atoms with Gasteiger partial charge in [-0.3, -0.25) is 9.78 Å². The van der Waals surface area contributed by atoms with Crippen molar-refractivity contribution < 1.29 is 14.3 Å². The van der Waals surface area contributed by atoms with E-state index in [4.69, 9.17) is 4.74 Å². The predicted octanol–water partition coefficient (Wildman–Crippen LogP) is 5.10. The van der Waals surface area contributed by atoms with E-state index in [0.29, 0.717) is 18.4 Å². The number of hydrogen-bond acceptors (Lipinski definition) is 4. The summed E-state index contributed by atoms with van der Waals surface area (Å²) in [4.78, 5) is 28.7. The lowest BCUT2D eigenvalue weighted by Crippen LogP contribution is -2.08. The van der Waals surface area contributed by atoms with Crippen molar-refractivity contribution in [3.8, 4) is 11.3 Å². The van der Waals surface area contributed by atoms with Gasteiger partial charge in [-0.1, -0.05) is 32.4 Å². The zero-order valence-corrected chi connectivity index (χ0v) is 16.0. The first-order valence-corrected chi connectivity index (χ1v) is 9.13. The number of methoxy groups -OCH3 is 1. The normalized spacial score (nSPS) is 11.8. The van der Waals surface area contributed by atoms with Crippen LogP contribution in [0.5, 0.6) is 0 Å². The van der Waals surface area contributed by atoms with Crippen molar-refractivity contribution >= 4 is 11.8 Å². The molecular weight excluding hydrogens is 326 g/mol. The number of ketones is 1. The molecule has 0 fully saturated rings. The summed E-state index contributed by atoms with van der Waals surface area (Å²) < 4.78 is 4.84. The summed E-state index contributed by atoms with van der Waals surface area (Å²) in [5.41, 5.74) is 4.26. The molecule has 0 bridgehead atoms. The number of ether oxygens (including phenoxy) is 1. The zero-order valence-electron chi connectivity index (χ0n) is 16.0. The Bertz CT molecular complexity index is 765. The molecule has 2 rings (SSSR count). The zero-order chi connectivity index (χ0) is 19.1. The largest absolute Gasteiger partial charge is 0.465 e. The van der Waals surface area contributed by atoms with Gasteiger partial charge in [0, 0.05) is 24.6 Å². The predicted molar refractivity (Wildman–Crippen MR) is 103 cm³/mol. The van der Waals surface area contributed by atoms with E-state index in [1.165, 1.54) is 7.11 Å². The molecule has 138 valence electrons. The summed E-state index contributed by atoms with van der Waals surface area (Å²) in [6.45, 7) is 6.12. The van der Waals surface area contributed by atoms with E-state index < -0.39 is 0 Å². The third-order valence-electron chi connectivity index (χ3n) is 4.54. The maximum Gasteiger partial charge on any atom is 0.337 e. The molecule has 1 heterocycles. The fourth-order valence-electron chi connectivity index (χ4n) is 3.01. The van der Waals surface area contributed by atoms with Gasteiger partial charge in [-0.25, -0.2) is 4.79 Å². The molecule has 1 aromatic carbocycles. The average molecular weight is 353 g/mol. The SMILES string of the molecule is CCCCC(=O)C[C@H](C)c1ccc(C(=O)OC)cc1-c1ccc(C)cn1. The smallest absolute Gasteiger partial charge is 0.337 e. The van der Waals surface area contributed by atoms with Crippen molar-refractivity contribution in [1.82, 2.24) is 4.98 Å². The number of esters is 1. The Labute approximate surface area is 155 Å². The number of nitrogens with zero attached hydrogens (tertiary/aromatic N) is 1. The highest BCUT2D eigenvalue weighted by Crippen LogP contribution is 2.32. The highest BCUT2D eigenvalue weighted by Gasteiger charge is 2.18. The molecule has 0 amide bonds. The third kappa shape index (κ3) is 5.01. The van der Waals surface area contributed by atoms with Crippen LogP contribution in [0.4, 0.5) is 0 Å². The molecule has 0 unspecified atom stereocenters. The number of hydrogen-bond donors (Lipinski definition) is 0. The molecule has 0 saturated carbocycles. The fraction of sp³-hybridized carbons (Fsp3) is 0.409. The minimum Gasteiger partial charge on any atom is -0.465 e. The van der Waals surface area contributed by atoms with Gasteiger partial charge in [-0.2, -0.15) is 0 Å². The maximum absolute atomic E-state index is 12.2. The van der Waals surface area contributed by atoms with Crippen molar-refractivity contribution in [2.24, 2.45) is 0 Å². The summed E-state index contributed by atoms with van der Waals surface area (Å²) in [7, 11) is 1.37. The molecule has 0 spiro atoms. The van der Waals surface area contributed by atoms with Gasteiger partial charge < -0.3 is 4.74 Å². The molecule has 1 atom stereocenters. The Morgan fingerprint density at radius 3 is 2.58 bits per heavy atom. The molecule has 2 aromatic rings. The van der Waals surface area contributed by atoms with Crippen LogP contribution in [-0.2, 0) is 9.53 Å². The Kier molecular flexibility index (Phi) is 7.07. The van der Waals surface area contributed by atoms with Gasteiger partial charge in [-0.15, -0.1) is 0 Å². The van der Waals surface area contributed by atoms with E-state index in [0.717, 1.165) is 35.2 Å². The molecule has 0 N–H and O–H groups in total. The second-order valence-corrected chi connectivity index (χ2v) is 6.76. The number of aryl methyl sites for hydroxylation is 1. The second-order valence-electron chi connectivity index (χ2n) is 6.76. The number of rotatable bonds is 8. The molecule has 0 aliphatic carbocycles. The van der Waals surface area contributed by atoms with Gasteiger partial charge >= 0.3 is 5.97 Å². The highest BCUT2D eigenvalue weighted by molar-refractivity contribution is 5.91. The topological polar surface area (TPSA) is 56.3 Å². The van der Waals surface area contributed by atoms with E-state index in [-0.39, 0.29) is 17.7 Å². The van der Waals surface area contributed by atoms with Crippen LogP contribution in [0.25, 0.3) is 11.3 Å². The van der Waals surface area contributed by atoms with Crippen LogP contribution in [0.3, 0.4) is 0 Å². The molecule has 1 aromatic heterocycles. The summed E-state index contributed by atoms with van der Waals surface area (Å²) in [5, 5.41) is 0. The van der Waals surface area contributed by atoms with Crippen LogP contribution in [0.2, 0.25) is 0 Å². The average Bonchev–Trinajstić information content (AvgIpc) is 2.65. The Balaban J connectivity index is 2.39. The number of Topliss-reactive ketones (excluding diaryl/α,β-unsaturated/α-hetero) is 1. The van der Waals surface area contributed by atoms with Gasteiger partial charge in [-0.05, 0) is 48.6 Å². The first kappa shape index (κ1) is 19.8. The lowest BCUT2D eigenvalue weighted by Gasteiger charge is -2.17. The van der Waals surface area contributed by atoms with E-state index in [9.17, 15) is 9.59 Å². The van der Waals surface area contributed by atoms with Crippen LogP contribution < -0.4 is 0 Å². The van der Waals surface area contributed by atoms with Crippen molar-refractivity contribution in [3.05, 3.63) is 53.2 Å². The molecule has 4 nitrogen and oxygen atoms in total. The first-order chi connectivity index (χ1) is 12.5. The molecule has 0 saturated heterocycles. The molecule has 0 radical (unpaired) electrons. The number of benzene rings is 1. The van der Waals surface area contributed by atoms with Crippen LogP contribution in [0.1, 0.15) is 66.9 Å². The van der Waals surface area contributed by atoms with E-state index in [2.05, 4.69) is 18.8 Å². The van der Waals surface area contributed by atoms with E-state index >= 15 is 0 Å². The molecule has 26 heavy (non-hydrogen) atoms. The minimum absolute atomic E-state index is 0.0594. The van der Waals surface area contributed by atoms with Gasteiger partial charge in [0.15, 0.2) is 0 Å². The molecule has 0 aliphatic rings. The van der Waals surface area contributed by atoms with Gasteiger partial charge in [0.2, 0.25) is 0 Å². The minimum atomic E-state index is -0.378. The third-order valence-corrected chi connectivity index (χ3v) is 4.54. The number of aromatic nitrogens is 1. The number of carbonyl (C=O) groups is 2. The quantitative estimate of drug-likeness (QED) is 0.620. The van der Waals surface area contributed by atoms with Gasteiger partial charge in [0.05, 0.1) is 18.4 Å². The lowest BCUT2D eigenvalue weighted by molar-refractivity contribution is -0.119. The number of unbranched alkanes of at least 4 members (excludes halogenated alkanes) is 1. The fourth-order valence-corrected chi connectivity index (χ4v) is 3.01. The van der Waals surface area contributed by atoms with E-state index in [1.807, 2.05) is 31.2 Å². The summed E-state index contributed by atoms with van der Waals surface area (Å²) >= 11 is 0. The van der Waals surface area contributed by atoms with E-state index in [1.54, 1.807) is 12.3 Å². The Morgan fingerprint density at radius 1 is 1.19 bits per heavy atom. The van der Waals surface area contributed by atoms with Crippen LogP contribution in [0, 0.1) is 6.92 Å². The standard InChI is InChI=1S/C22H27NO3/c1-5-6-7-18(24)12-16(3)19-10-9-17(22(25)26-4)13-20(19)21-11-8-15(2)14-23-21/h8-11,13-14,16H,5-7,12H2,1-4H3/t16-/m0/s1. The summed E-state index contributed by atoms with van der Waals surface area (Å²) in [5.74, 6) is -0.0417. The highest BCUT2D eigenvalue weighted by atomic mass is 16.5. The molecule has 0 aliphatic heterocycles. The molecular formula is C22H27NO3. The van der Waals surface area contributed by atoms with Crippen LogP contribution in [-0.4, -0.2) is 23.8 Å². The van der Waals surface area contributed by atoms with Crippen LogP contribution in [0.15, 0.2) is 36.5 Å². The van der Waals surface area contributed by atoms with Gasteiger partial charge in [0.25, 0.3) is 0 Å². The van der Waals surface area contributed by atoms with Crippen molar-refractivity contribution in [1.29, 1.82) is 0 Å². The second kappa shape index (κ2) is 9.27. The van der Waals surface area contributed by atoms with Crippen molar-refractivity contribution in [2.45, 2.75) is 52.4 Å². The van der Waals surface area contributed by atoms with Crippen molar-refractivity contribution in [2.75, 3.05) is 7.11 Å². The van der Waals surface area contributed by atoms with Gasteiger partial charge in [0.1, 0.15) is 5.78 Å². The first-order valence-electron chi connectivity index (χ1n) is 9.13. The lowest BCUT2D eigenvalue weighted by atomic mass is 9.88. The summed E-state index contributed by atoms with van der Waals surface area (Å²) in [6, 6.07) is 9.42. The number of carbonyl (C=O) groups excluding carboxylic acids is 2. The monoisotopic (exact) mass is 353 g/mol. The Hall–Kier alpha value is -2.49. The molecule has 4 heteroatoms. The maximum atomic E-state index is 12.2.